The topological polar surface area (TPSA) is 12.0 Å². The molecule has 19 heavy (non-hydrogen) atoms. The van der Waals surface area contributed by atoms with Crippen LogP contribution in [0.15, 0.2) is 40.9 Å². The summed E-state index contributed by atoms with van der Waals surface area (Å²) in [6, 6.07) is 11.8. The number of aryl methyl sites for hydroxylation is 1. The normalized spacial score (nSPS) is 12.3. The van der Waals surface area contributed by atoms with Crippen LogP contribution in [0.4, 0.5) is 5.69 Å². The van der Waals surface area contributed by atoms with E-state index in [1.165, 1.54) is 5.56 Å². The lowest BCUT2D eigenvalue weighted by Gasteiger charge is -2.18. The van der Waals surface area contributed by atoms with Gasteiger partial charge in [0.15, 0.2) is 0 Å². The van der Waals surface area contributed by atoms with E-state index in [0.29, 0.717) is 5.02 Å². The average molecular weight is 359 g/mol. The van der Waals surface area contributed by atoms with Gasteiger partial charge in [0, 0.05) is 20.2 Å². The lowest BCUT2D eigenvalue weighted by molar-refractivity contribution is 0.884. The van der Waals surface area contributed by atoms with Gasteiger partial charge < -0.3 is 5.32 Å². The predicted octanol–water partition coefficient (Wildman–Crippen LogP) is 6.24. The van der Waals surface area contributed by atoms with Crippen LogP contribution in [0.25, 0.3) is 0 Å². The zero-order valence-corrected chi connectivity index (χ0v) is 13.8. The Bertz CT molecular complexity index is 599. The van der Waals surface area contributed by atoms with Crippen LogP contribution in [0.2, 0.25) is 10.0 Å². The van der Waals surface area contributed by atoms with Crippen molar-refractivity contribution in [2.24, 2.45) is 0 Å². The van der Waals surface area contributed by atoms with E-state index in [4.69, 9.17) is 23.2 Å². The average Bonchev–Trinajstić information content (AvgIpc) is 2.36. The van der Waals surface area contributed by atoms with E-state index < -0.39 is 0 Å². The quantitative estimate of drug-likeness (QED) is 0.684. The van der Waals surface area contributed by atoms with Crippen LogP contribution in [0.1, 0.15) is 24.1 Å². The zero-order valence-electron chi connectivity index (χ0n) is 10.7. The van der Waals surface area contributed by atoms with Crippen LogP contribution in [0, 0.1) is 6.92 Å². The molecule has 2 aromatic rings. The Morgan fingerprint density at radius 1 is 1.11 bits per heavy atom. The van der Waals surface area contributed by atoms with Gasteiger partial charge in [-0.3, -0.25) is 0 Å². The van der Waals surface area contributed by atoms with Crippen molar-refractivity contribution in [1.82, 2.24) is 0 Å². The Morgan fingerprint density at radius 3 is 2.53 bits per heavy atom. The second kappa shape index (κ2) is 6.17. The van der Waals surface area contributed by atoms with Gasteiger partial charge >= 0.3 is 0 Å². The number of benzene rings is 2. The summed E-state index contributed by atoms with van der Waals surface area (Å²) in [6.07, 6.45) is 0. The van der Waals surface area contributed by atoms with E-state index in [1.807, 2.05) is 24.3 Å². The summed E-state index contributed by atoms with van der Waals surface area (Å²) in [6.45, 7) is 4.13. The van der Waals surface area contributed by atoms with Crippen molar-refractivity contribution in [3.63, 3.8) is 0 Å². The van der Waals surface area contributed by atoms with Crippen molar-refractivity contribution in [2.45, 2.75) is 19.9 Å². The van der Waals surface area contributed by atoms with Gasteiger partial charge in [0.1, 0.15) is 0 Å². The van der Waals surface area contributed by atoms with Crippen molar-refractivity contribution in [2.75, 3.05) is 5.32 Å². The van der Waals surface area contributed by atoms with Crippen LogP contribution in [-0.4, -0.2) is 0 Å². The third-order valence-corrected chi connectivity index (χ3v) is 4.43. The Kier molecular flexibility index (Phi) is 4.77. The van der Waals surface area contributed by atoms with Gasteiger partial charge in [-0.15, -0.1) is 0 Å². The summed E-state index contributed by atoms with van der Waals surface area (Å²) in [5.74, 6) is 0. The summed E-state index contributed by atoms with van der Waals surface area (Å²) in [7, 11) is 0. The Hall–Kier alpha value is -0.700. The van der Waals surface area contributed by atoms with Crippen LogP contribution in [-0.2, 0) is 0 Å². The van der Waals surface area contributed by atoms with E-state index in [0.717, 1.165) is 20.7 Å². The Morgan fingerprint density at radius 2 is 1.84 bits per heavy atom. The molecule has 1 unspecified atom stereocenters. The summed E-state index contributed by atoms with van der Waals surface area (Å²) in [4.78, 5) is 0. The van der Waals surface area contributed by atoms with Gasteiger partial charge in [0.05, 0.1) is 6.04 Å². The third kappa shape index (κ3) is 3.65. The Balaban J connectivity index is 2.22. The number of anilines is 1. The van der Waals surface area contributed by atoms with E-state index in [2.05, 4.69) is 41.2 Å². The first-order chi connectivity index (χ1) is 8.97. The van der Waals surface area contributed by atoms with Crippen molar-refractivity contribution in [1.29, 1.82) is 0 Å². The molecule has 0 fully saturated rings. The molecule has 2 aromatic carbocycles. The summed E-state index contributed by atoms with van der Waals surface area (Å²) < 4.78 is 1.10. The van der Waals surface area contributed by atoms with Crippen LogP contribution >= 0.6 is 39.1 Å². The summed E-state index contributed by atoms with van der Waals surface area (Å²) in [5.41, 5.74) is 3.24. The Labute approximate surface area is 132 Å². The van der Waals surface area contributed by atoms with E-state index in [1.54, 1.807) is 6.07 Å². The first-order valence-electron chi connectivity index (χ1n) is 5.95. The molecule has 0 amide bonds. The lowest BCUT2D eigenvalue weighted by Crippen LogP contribution is -2.07. The number of hydrogen-bond donors (Lipinski definition) is 1. The molecular formula is C15H14BrCl2N. The third-order valence-electron chi connectivity index (χ3n) is 2.97. The molecule has 0 radical (unpaired) electrons. The highest BCUT2D eigenvalue weighted by Crippen LogP contribution is 2.29. The van der Waals surface area contributed by atoms with Crippen molar-refractivity contribution >= 4 is 44.8 Å². The molecule has 0 aromatic heterocycles. The summed E-state index contributed by atoms with van der Waals surface area (Å²) >= 11 is 15.7. The predicted molar refractivity (Wildman–Crippen MR) is 87.4 cm³/mol. The van der Waals surface area contributed by atoms with Gasteiger partial charge in [-0.05, 0) is 61.4 Å². The maximum atomic E-state index is 6.21. The van der Waals surface area contributed by atoms with Crippen LogP contribution in [0.3, 0.4) is 0 Å². The van der Waals surface area contributed by atoms with Gasteiger partial charge in [0.2, 0.25) is 0 Å². The maximum absolute atomic E-state index is 6.21. The molecule has 0 bridgehead atoms. The van der Waals surface area contributed by atoms with E-state index in [-0.39, 0.29) is 6.04 Å². The fourth-order valence-electron chi connectivity index (χ4n) is 1.91. The largest absolute Gasteiger partial charge is 0.378 e. The molecule has 0 saturated carbocycles. The van der Waals surface area contributed by atoms with Crippen molar-refractivity contribution < 1.29 is 0 Å². The molecule has 0 aliphatic heterocycles. The molecule has 0 saturated heterocycles. The second-order valence-electron chi connectivity index (χ2n) is 4.50. The fraction of sp³-hybridized carbons (Fsp3) is 0.200. The van der Waals surface area contributed by atoms with E-state index in [9.17, 15) is 0 Å². The zero-order chi connectivity index (χ0) is 14.0. The maximum Gasteiger partial charge on any atom is 0.0500 e. The minimum atomic E-state index is 0.0896. The number of nitrogens with one attached hydrogen (secondary N) is 1. The smallest absolute Gasteiger partial charge is 0.0500 e. The molecule has 0 spiro atoms. The second-order valence-corrected chi connectivity index (χ2v) is 6.19. The first-order valence-corrected chi connectivity index (χ1v) is 7.50. The monoisotopic (exact) mass is 357 g/mol. The van der Waals surface area contributed by atoms with E-state index >= 15 is 0 Å². The molecule has 100 valence electrons. The lowest BCUT2D eigenvalue weighted by atomic mass is 10.1. The number of rotatable bonds is 3. The van der Waals surface area contributed by atoms with Crippen molar-refractivity contribution in [3.8, 4) is 0 Å². The van der Waals surface area contributed by atoms with Crippen LogP contribution in [0.5, 0.6) is 0 Å². The number of hydrogen-bond acceptors (Lipinski definition) is 1. The van der Waals surface area contributed by atoms with Gasteiger partial charge in [-0.1, -0.05) is 39.1 Å². The summed E-state index contributed by atoms with van der Waals surface area (Å²) in [5, 5.41) is 4.85. The molecule has 1 nitrogen and oxygen atoms in total. The standard InChI is InChI=1S/C15H14BrCl2N/c1-9-7-12(4-5-14(9)16)19-10(2)13-8-11(17)3-6-15(13)18/h3-8,10,19H,1-2H3. The molecule has 0 aliphatic rings. The molecular weight excluding hydrogens is 345 g/mol. The molecule has 0 aliphatic carbocycles. The first kappa shape index (κ1) is 14.7. The SMILES string of the molecule is Cc1cc(NC(C)c2cc(Cl)ccc2Cl)ccc1Br. The van der Waals surface area contributed by atoms with Gasteiger partial charge in [0.25, 0.3) is 0 Å². The molecule has 1 atom stereocenters. The molecule has 0 heterocycles. The fourth-order valence-corrected chi connectivity index (χ4v) is 2.62. The highest BCUT2D eigenvalue weighted by molar-refractivity contribution is 9.10. The minimum Gasteiger partial charge on any atom is -0.378 e. The molecule has 1 N–H and O–H groups in total. The molecule has 4 heteroatoms. The van der Waals surface area contributed by atoms with Gasteiger partial charge in [-0.25, -0.2) is 0 Å². The van der Waals surface area contributed by atoms with Crippen molar-refractivity contribution in [3.05, 3.63) is 62.0 Å². The van der Waals surface area contributed by atoms with Gasteiger partial charge in [-0.2, -0.15) is 0 Å². The highest BCUT2D eigenvalue weighted by atomic mass is 79.9. The molecule has 2 rings (SSSR count). The number of halogens is 3. The van der Waals surface area contributed by atoms with Crippen LogP contribution < -0.4 is 5.32 Å². The highest BCUT2D eigenvalue weighted by Gasteiger charge is 2.10. The minimum absolute atomic E-state index is 0.0896.